The molecule has 0 bridgehead atoms. The lowest BCUT2D eigenvalue weighted by molar-refractivity contribution is 1.21. The zero-order valence-electron chi connectivity index (χ0n) is 29.9. The molecule has 0 N–H and O–H groups in total. The Kier molecular flexibility index (Phi) is 7.83. The van der Waals surface area contributed by atoms with Gasteiger partial charge in [0.05, 0.1) is 34.2 Å². The van der Waals surface area contributed by atoms with Crippen molar-refractivity contribution in [3.63, 3.8) is 0 Å². The molecule has 0 aliphatic rings. The third kappa shape index (κ3) is 5.66. The molecule has 0 spiro atoms. The summed E-state index contributed by atoms with van der Waals surface area (Å²) in [5.41, 5.74) is 11.7. The van der Waals surface area contributed by atoms with E-state index in [0.29, 0.717) is 0 Å². The van der Waals surface area contributed by atoms with E-state index >= 15 is 0 Å². The summed E-state index contributed by atoms with van der Waals surface area (Å²) in [6.45, 7) is 0. The molecule has 6 heteroatoms. The zero-order valence-corrected chi connectivity index (χ0v) is 31.6. The maximum atomic E-state index is 5.38. The number of nitrogens with zero attached hydrogens (tertiary/aromatic N) is 4. The van der Waals surface area contributed by atoms with Crippen molar-refractivity contribution in [3.05, 3.63) is 182 Å². The number of benzene rings is 5. The zero-order chi connectivity index (χ0) is 37.0. The van der Waals surface area contributed by atoms with E-state index in [4.69, 9.17) is 9.97 Å². The van der Waals surface area contributed by atoms with Gasteiger partial charge in [-0.1, -0.05) is 91.0 Å². The minimum absolute atomic E-state index is 0.771. The van der Waals surface area contributed by atoms with Gasteiger partial charge in [-0.3, -0.25) is 9.97 Å². The molecule has 0 aliphatic heterocycles. The highest BCUT2D eigenvalue weighted by atomic mass is 32.1. The van der Waals surface area contributed by atoms with Crippen molar-refractivity contribution < 1.29 is 0 Å². The van der Waals surface area contributed by atoms with Crippen molar-refractivity contribution in [2.75, 3.05) is 0 Å². The Labute approximate surface area is 331 Å². The number of thiophene rings is 2. The molecule has 6 heterocycles. The van der Waals surface area contributed by atoms with Crippen LogP contribution in [0, 0.1) is 0 Å². The summed E-state index contributed by atoms with van der Waals surface area (Å²) < 4.78 is 5.17. The van der Waals surface area contributed by atoms with Gasteiger partial charge < -0.3 is 0 Å². The molecule has 0 atom stereocenters. The molecule has 0 unspecified atom stereocenters. The smallest absolute Gasteiger partial charge is 0.0901 e. The first-order valence-electron chi connectivity index (χ1n) is 18.5. The number of pyridine rings is 4. The maximum absolute atomic E-state index is 5.38. The molecule has 11 rings (SSSR count). The topological polar surface area (TPSA) is 51.6 Å². The molecule has 0 saturated carbocycles. The molecular weight excluding hydrogens is 721 g/mol. The highest BCUT2D eigenvalue weighted by Crippen LogP contribution is 2.45. The first-order chi connectivity index (χ1) is 27.7. The first-order valence-corrected chi connectivity index (χ1v) is 20.2. The number of fused-ring (bicyclic) bond motifs is 6. The second-order valence-electron chi connectivity index (χ2n) is 13.8. The van der Waals surface area contributed by atoms with E-state index in [1.54, 1.807) is 12.4 Å². The normalized spacial score (nSPS) is 11.6. The fraction of sp³-hybridized carbons (Fsp3) is 0. The summed E-state index contributed by atoms with van der Waals surface area (Å²) in [7, 11) is 0. The number of rotatable bonds is 6. The minimum atomic E-state index is 0.771. The van der Waals surface area contributed by atoms with Gasteiger partial charge in [-0.05, 0) is 101 Å². The Morgan fingerprint density at radius 1 is 0.304 bits per heavy atom. The molecule has 56 heavy (non-hydrogen) atoms. The van der Waals surface area contributed by atoms with E-state index < -0.39 is 0 Å². The van der Waals surface area contributed by atoms with Crippen LogP contribution < -0.4 is 0 Å². The van der Waals surface area contributed by atoms with Crippen LogP contribution in [0.15, 0.2) is 182 Å². The lowest BCUT2D eigenvalue weighted by Crippen LogP contribution is -1.95. The standard InChI is InChI=1S/C50H30N4S2/c1-3-22-47-37(12-1)39-16-9-14-35(49(39)55-47)31-26-32(36-15-10-17-40-38-13-2-4-23-48(38)56-50(36)40)28-33(27-31)41-20-11-21-42(53-41)34-29-45(43-18-5-7-24-51-43)54-46(30-34)44-19-6-8-25-52-44/h1-30H. The van der Waals surface area contributed by atoms with Crippen LogP contribution in [0.1, 0.15) is 0 Å². The average molecular weight is 751 g/mol. The van der Waals surface area contributed by atoms with Gasteiger partial charge >= 0.3 is 0 Å². The van der Waals surface area contributed by atoms with Crippen molar-refractivity contribution >= 4 is 63.0 Å². The molecule has 6 aromatic heterocycles. The Morgan fingerprint density at radius 2 is 0.714 bits per heavy atom. The summed E-state index contributed by atoms with van der Waals surface area (Å²) in [4.78, 5) is 19.6. The van der Waals surface area contributed by atoms with Crippen LogP contribution in [0.25, 0.3) is 108 Å². The van der Waals surface area contributed by atoms with Crippen molar-refractivity contribution in [2.24, 2.45) is 0 Å². The van der Waals surface area contributed by atoms with Gasteiger partial charge in [-0.2, -0.15) is 0 Å². The SMILES string of the molecule is c1ccc(-c2cc(-c3cccc(-c4cc(-c5cccc6c5sc5ccccc56)cc(-c5cccc6c5sc5ccccc56)c4)n3)cc(-c3ccccn3)n2)nc1. The second kappa shape index (κ2) is 13.5. The van der Waals surface area contributed by atoms with E-state index in [-0.39, 0.29) is 0 Å². The number of hydrogen-bond donors (Lipinski definition) is 0. The third-order valence-corrected chi connectivity index (χ3v) is 12.8. The molecule has 0 aliphatic carbocycles. The van der Waals surface area contributed by atoms with Crippen molar-refractivity contribution in [2.45, 2.75) is 0 Å². The van der Waals surface area contributed by atoms with Crippen LogP contribution in [0.5, 0.6) is 0 Å². The van der Waals surface area contributed by atoms with Crippen LogP contribution in [-0.2, 0) is 0 Å². The summed E-state index contributed by atoms with van der Waals surface area (Å²) >= 11 is 3.72. The Morgan fingerprint density at radius 3 is 1.23 bits per heavy atom. The molecule has 4 nitrogen and oxygen atoms in total. The van der Waals surface area contributed by atoms with Gasteiger partial charge in [-0.25, -0.2) is 9.97 Å². The van der Waals surface area contributed by atoms with Gasteiger partial charge in [-0.15, -0.1) is 22.7 Å². The van der Waals surface area contributed by atoms with Crippen LogP contribution in [0.4, 0.5) is 0 Å². The largest absolute Gasteiger partial charge is 0.255 e. The molecule has 11 aromatic rings. The van der Waals surface area contributed by atoms with E-state index in [2.05, 4.69) is 143 Å². The van der Waals surface area contributed by atoms with Crippen molar-refractivity contribution in [1.29, 1.82) is 0 Å². The van der Waals surface area contributed by atoms with Crippen LogP contribution in [0.3, 0.4) is 0 Å². The lowest BCUT2D eigenvalue weighted by Gasteiger charge is -2.13. The number of aromatic nitrogens is 4. The molecule has 5 aromatic carbocycles. The Bertz CT molecular complexity index is 3070. The molecule has 262 valence electrons. The highest BCUT2D eigenvalue weighted by molar-refractivity contribution is 7.26. The van der Waals surface area contributed by atoms with Gasteiger partial charge in [0, 0.05) is 63.9 Å². The summed E-state index contributed by atoms with van der Waals surface area (Å²) in [6, 6.07) is 60.0. The fourth-order valence-corrected chi connectivity index (χ4v) is 10.2. The van der Waals surface area contributed by atoms with Gasteiger partial charge in [0.15, 0.2) is 0 Å². The monoisotopic (exact) mass is 750 g/mol. The molecule has 0 fully saturated rings. The first kappa shape index (κ1) is 32.6. The minimum Gasteiger partial charge on any atom is -0.255 e. The molecular formula is C50H30N4S2. The van der Waals surface area contributed by atoms with E-state index in [9.17, 15) is 0 Å². The number of hydrogen-bond acceptors (Lipinski definition) is 6. The summed E-state index contributed by atoms with van der Waals surface area (Å²) in [6.07, 6.45) is 3.60. The summed E-state index contributed by atoms with van der Waals surface area (Å²) in [5, 5.41) is 5.16. The van der Waals surface area contributed by atoms with Gasteiger partial charge in [0.2, 0.25) is 0 Å². The average Bonchev–Trinajstić information content (AvgIpc) is 3.86. The maximum Gasteiger partial charge on any atom is 0.0901 e. The Balaban J connectivity index is 1.12. The van der Waals surface area contributed by atoms with Gasteiger partial charge in [0.25, 0.3) is 0 Å². The van der Waals surface area contributed by atoms with E-state index in [1.165, 1.54) is 62.6 Å². The molecule has 0 radical (unpaired) electrons. The van der Waals surface area contributed by atoms with E-state index in [0.717, 1.165) is 45.3 Å². The molecule has 0 saturated heterocycles. The summed E-state index contributed by atoms with van der Waals surface area (Å²) in [5.74, 6) is 0. The predicted molar refractivity (Wildman–Crippen MR) is 236 cm³/mol. The predicted octanol–water partition coefficient (Wildman–Crippen LogP) is 14.0. The lowest BCUT2D eigenvalue weighted by atomic mass is 9.93. The van der Waals surface area contributed by atoms with Crippen LogP contribution >= 0.6 is 22.7 Å². The van der Waals surface area contributed by atoms with Crippen molar-refractivity contribution in [3.8, 4) is 67.5 Å². The fourth-order valence-electron chi connectivity index (χ4n) is 7.76. The van der Waals surface area contributed by atoms with Crippen LogP contribution in [-0.4, -0.2) is 19.9 Å². The van der Waals surface area contributed by atoms with E-state index in [1.807, 2.05) is 59.1 Å². The van der Waals surface area contributed by atoms with Crippen LogP contribution in [0.2, 0.25) is 0 Å². The third-order valence-electron chi connectivity index (χ3n) is 10.4. The molecule has 0 amide bonds. The quantitative estimate of drug-likeness (QED) is 0.170. The van der Waals surface area contributed by atoms with Crippen molar-refractivity contribution in [1.82, 2.24) is 19.9 Å². The van der Waals surface area contributed by atoms with Gasteiger partial charge in [0.1, 0.15) is 0 Å². The highest BCUT2D eigenvalue weighted by Gasteiger charge is 2.17. The Hall–Kier alpha value is -6.86. The second-order valence-corrected chi connectivity index (χ2v) is 15.9.